The van der Waals surface area contributed by atoms with Gasteiger partial charge in [-0.1, -0.05) is 0 Å². The fourth-order valence-corrected chi connectivity index (χ4v) is 1.35. The highest BCUT2D eigenvalue weighted by Gasteiger charge is 2.23. The second-order valence-electron chi connectivity index (χ2n) is 1.99. The lowest BCUT2D eigenvalue weighted by Crippen LogP contribution is -2.23. The van der Waals surface area contributed by atoms with Crippen molar-refractivity contribution in [2.45, 2.75) is 0 Å². The van der Waals surface area contributed by atoms with Crippen molar-refractivity contribution >= 4 is 18.0 Å². The minimum atomic E-state index is 0.127. The third-order valence-electron chi connectivity index (χ3n) is 1.40. The molecule has 0 aliphatic carbocycles. The summed E-state index contributed by atoms with van der Waals surface area (Å²) in [4.78, 5) is 12.7. The number of likely N-dealkylation sites (N-methyl/N-ethyl adjacent to an activating group) is 1. The number of carbonyl (C=O) groups is 1. The molecule has 0 aromatic heterocycles. The Balaban J connectivity index is 2.51. The molecule has 1 aliphatic rings. The van der Waals surface area contributed by atoms with Crippen LogP contribution in [0, 0.1) is 0 Å². The molecule has 0 spiro atoms. The molecule has 1 fully saturated rings. The van der Waals surface area contributed by atoms with Gasteiger partial charge in [0.1, 0.15) is 0 Å². The van der Waals surface area contributed by atoms with Crippen LogP contribution in [0.5, 0.6) is 0 Å². The van der Waals surface area contributed by atoms with Crippen LogP contribution in [0.2, 0.25) is 0 Å². The Morgan fingerprint density at radius 3 is 2.44 bits per heavy atom. The molecule has 4 heteroatoms. The van der Waals surface area contributed by atoms with Crippen LogP contribution in [0.3, 0.4) is 0 Å². The van der Waals surface area contributed by atoms with Gasteiger partial charge in [0.25, 0.3) is 0 Å². The van der Waals surface area contributed by atoms with Crippen LogP contribution < -0.4 is 0 Å². The lowest BCUT2D eigenvalue weighted by molar-refractivity contribution is 0.216. The lowest BCUT2D eigenvalue weighted by atomic mass is 10.7. The van der Waals surface area contributed by atoms with Crippen LogP contribution in [0.25, 0.3) is 0 Å². The number of nitrogens with zero attached hydrogens (tertiary/aromatic N) is 2. The summed E-state index contributed by atoms with van der Waals surface area (Å²) < 4.78 is 1.75. The Bertz CT molecular complexity index is 128. The van der Waals surface area contributed by atoms with Crippen molar-refractivity contribution in [1.82, 2.24) is 9.21 Å². The summed E-state index contributed by atoms with van der Waals surface area (Å²) in [5.74, 6) is 0. The SMILES string of the molecule is CSN1CCN(C)C1=O. The van der Waals surface area contributed by atoms with Gasteiger partial charge in [0.2, 0.25) is 0 Å². The summed E-state index contributed by atoms with van der Waals surface area (Å²) in [6.45, 7) is 1.72. The van der Waals surface area contributed by atoms with E-state index in [-0.39, 0.29) is 6.03 Å². The van der Waals surface area contributed by atoms with Crippen LogP contribution in [-0.4, -0.2) is 41.6 Å². The summed E-state index contributed by atoms with van der Waals surface area (Å²) in [7, 11) is 1.82. The van der Waals surface area contributed by atoms with E-state index in [0.29, 0.717) is 0 Å². The van der Waals surface area contributed by atoms with Crippen LogP contribution in [0.4, 0.5) is 4.79 Å². The summed E-state index contributed by atoms with van der Waals surface area (Å²) in [6.07, 6.45) is 1.91. The van der Waals surface area contributed by atoms with Crippen molar-refractivity contribution < 1.29 is 4.79 Å². The molecule has 0 aromatic carbocycles. The maximum Gasteiger partial charge on any atom is 0.329 e. The second kappa shape index (κ2) is 2.47. The number of rotatable bonds is 1. The van der Waals surface area contributed by atoms with Gasteiger partial charge in [-0.15, -0.1) is 0 Å². The first-order chi connectivity index (χ1) is 4.25. The van der Waals surface area contributed by atoms with Gasteiger partial charge in [-0.05, 0) is 11.9 Å². The topological polar surface area (TPSA) is 23.6 Å². The van der Waals surface area contributed by atoms with E-state index in [9.17, 15) is 4.79 Å². The van der Waals surface area contributed by atoms with Gasteiger partial charge in [0.05, 0.1) is 6.54 Å². The monoisotopic (exact) mass is 146 g/mol. The standard InChI is InChI=1S/C5H10N2OS/c1-6-3-4-7(9-2)5(6)8/h3-4H2,1-2H3. The van der Waals surface area contributed by atoms with E-state index >= 15 is 0 Å². The summed E-state index contributed by atoms with van der Waals surface area (Å²) in [5, 5.41) is 0. The fourth-order valence-electron chi connectivity index (χ4n) is 0.792. The first-order valence-corrected chi connectivity index (χ1v) is 4.00. The first-order valence-electron chi connectivity index (χ1n) is 2.82. The molecule has 0 bridgehead atoms. The molecule has 0 N–H and O–H groups in total. The Morgan fingerprint density at radius 2 is 2.22 bits per heavy atom. The van der Waals surface area contributed by atoms with Crippen molar-refractivity contribution in [3.8, 4) is 0 Å². The molecule has 52 valence electrons. The van der Waals surface area contributed by atoms with Gasteiger partial charge < -0.3 is 4.90 Å². The minimum Gasteiger partial charge on any atom is -0.325 e. The molecular weight excluding hydrogens is 136 g/mol. The van der Waals surface area contributed by atoms with Gasteiger partial charge >= 0.3 is 6.03 Å². The quantitative estimate of drug-likeness (QED) is 0.507. The normalized spacial score (nSPS) is 19.6. The highest BCUT2D eigenvalue weighted by Crippen LogP contribution is 2.13. The average molecular weight is 146 g/mol. The number of carbonyl (C=O) groups excluding carboxylic acids is 1. The third kappa shape index (κ3) is 1.13. The molecule has 9 heavy (non-hydrogen) atoms. The van der Waals surface area contributed by atoms with E-state index in [0.717, 1.165) is 13.1 Å². The maximum atomic E-state index is 11.0. The zero-order valence-electron chi connectivity index (χ0n) is 5.63. The largest absolute Gasteiger partial charge is 0.329 e. The van der Waals surface area contributed by atoms with Crippen LogP contribution in [-0.2, 0) is 0 Å². The molecule has 3 nitrogen and oxygen atoms in total. The molecule has 0 saturated carbocycles. The number of urea groups is 1. The van der Waals surface area contributed by atoms with Crippen molar-refractivity contribution in [3.63, 3.8) is 0 Å². The maximum absolute atomic E-state index is 11.0. The van der Waals surface area contributed by atoms with Gasteiger partial charge in [-0.25, -0.2) is 4.79 Å². The zero-order valence-corrected chi connectivity index (χ0v) is 6.44. The number of amides is 2. The molecule has 1 aliphatic heterocycles. The molecular formula is C5H10N2OS. The molecule has 2 amide bonds. The predicted octanol–water partition coefficient (Wildman–Crippen LogP) is 0.632. The van der Waals surface area contributed by atoms with E-state index in [1.54, 1.807) is 9.21 Å². The van der Waals surface area contributed by atoms with E-state index < -0.39 is 0 Å². The van der Waals surface area contributed by atoms with E-state index in [4.69, 9.17) is 0 Å². The highest BCUT2D eigenvalue weighted by atomic mass is 32.2. The molecule has 0 radical (unpaired) electrons. The Labute approximate surface area is 59.1 Å². The van der Waals surface area contributed by atoms with Gasteiger partial charge in [-0.3, -0.25) is 4.31 Å². The van der Waals surface area contributed by atoms with Gasteiger partial charge in [0.15, 0.2) is 0 Å². The second-order valence-corrected chi connectivity index (χ2v) is 2.79. The van der Waals surface area contributed by atoms with Gasteiger partial charge in [0, 0.05) is 19.8 Å². The summed E-state index contributed by atoms with van der Waals surface area (Å²) in [6, 6.07) is 0.127. The molecule has 1 heterocycles. The van der Waals surface area contributed by atoms with Crippen LogP contribution in [0.15, 0.2) is 0 Å². The average Bonchev–Trinajstić information content (AvgIpc) is 2.15. The Kier molecular flexibility index (Phi) is 1.85. The van der Waals surface area contributed by atoms with Crippen molar-refractivity contribution in [1.29, 1.82) is 0 Å². The number of hydrogen-bond donors (Lipinski definition) is 0. The van der Waals surface area contributed by atoms with Crippen molar-refractivity contribution in [2.24, 2.45) is 0 Å². The molecule has 1 saturated heterocycles. The summed E-state index contributed by atoms with van der Waals surface area (Å²) >= 11 is 1.49. The zero-order chi connectivity index (χ0) is 6.85. The van der Waals surface area contributed by atoms with Crippen LogP contribution >= 0.6 is 11.9 Å². The van der Waals surface area contributed by atoms with Crippen LogP contribution in [0.1, 0.15) is 0 Å². The first kappa shape index (κ1) is 6.74. The van der Waals surface area contributed by atoms with Gasteiger partial charge in [-0.2, -0.15) is 0 Å². The minimum absolute atomic E-state index is 0.127. The van der Waals surface area contributed by atoms with Crippen molar-refractivity contribution in [3.05, 3.63) is 0 Å². The summed E-state index contributed by atoms with van der Waals surface area (Å²) in [5.41, 5.74) is 0. The smallest absolute Gasteiger partial charge is 0.325 e. The Morgan fingerprint density at radius 1 is 1.56 bits per heavy atom. The van der Waals surface area contributed by atoms with E-state index in [2.05, 4.69) is 0 Å². The lowest BCUT2D eigenvalue weighted by Gasteiger charge is -2.10. The molecule has 0 atom stereocenters. The highest BCUT2D eigenvalue weighted by molar-refractivity contribution is 7.96. The molecule has 0 aromatic rings. The molecule has 1 rings (SSSR count). The van der Waals surface area contributed by atoms with E-state index in [1.165, 1.54) is 11.9 Å². The Hall–Kier alpha value is -0.380. The number of hydrogen-bond acceptors (Lipinski definition) is 2. The van der Waals surface area contributed by atoms with Crippen molar-refractivity contribution in [2.75, 3.05) is 26.4 Å². The van der Waals surface area contributed by atoms with E-state index in [1.807, 2.05) is 13.3 Å². The fraction of sp³-hybridized carbons (Fsp3) is 0.800. The molecule has 0 unspecified atom stereocenters. The predicted molar refractivity (Wildman–Crippen MR) is 38.2 cm³/mol. The third-order valence-corrected chi connectivity index (χ3v) is 2.18.